The van der Waals surface area contributed by atoms with E-state index < -0.39 is 6.43 Å². The van der Waals surface area contributed by atoms with E-state index in [-0.39, 0.29) is 20.1 Å². The molecule has 6 heteroatoms. The first-order valence-corrected chi connectivity index (χ1v) is 4.37. The van der Waals surface area contributed by atoms with Crippen LogP contribution >= 0.6 is 34.2 Å². The second kappa shape index (κ2) is 3.69. The van der Waals surface area contributed by atoms with Crippen molar-refractivity contribution in [3.8, 4) is 0 Å². The molecule has 0 unspecified atom stereocenters. The van der Waals surface area contributed by atoms with Crippen LogP contribution in [0.15, 0.2) is 6.07 Å². The highest BCUT2D eigenvalue weighted by Gasteiger charge is 2.14. The van der Waals surface area contributed by atoms with E-state index in [1.807, 2.05) is 0 Å². The van der Waals surface area contributed by atoms with E-state index in [1.165, 1.54) is 0 Å². The molecule has 0 radical (unpaired) electrons. The summed E-state index contributed by atoms with van der Waals surface area (Å²) in [7, 11) is 0. The Hall–Kier alpha value is -0.170. The maximum absolute atomic E-state index is 12.2. The Morgan fingerprint density at radius 3 is 2.67 bits per heavy atom. The highest BCUT2D eigenvalue weighted by atomic mass is 127. The molecule has 1 aromatic heterocycles. The summed E-state index contributed by atoms with van der Waals surface area (Å²) in [6.45, 7) is 0. The molecule has 0 aliphatic heterocycles. The van der Waals surface area contributed by atoms with Crippen molar-refractivity contribution in [1.82, 2.24) is 4.98 Å². The standard InChI is InChI=1S/C6H4ClF2IN2/c7-3-1-2(4(8)9)5(10)12-6(3)11/h1,4H,(H2,11,12). The number of aromatic nitrogens is 1. The fourth-order valence-corrected chi connectivity index (χ4v) is 1.46. The van der Waals surface area contributed by atoms with Gasteiger partial charge in [-0.15, -0.1) is 0 Å². The van der Waals surface area contributed by atoms with Crippen molar-refractivity contribution in [1.29, 1.82) is 0 Å². The molecule has 0 spiro atoms. The predicted octanol–water partition coefficient (Wildman–Crippen LogP) is 2.86. The van der Waals surface area contributed by atoms with Crippen LogP contribution in [0.1, 0.15) is 12.0 Å². The minimum absolute atomic E-state index is 0.0608. The van der Waals surface area contributed by atoms with Crippen LogP contribution in [0, 0.1) is 3.70 Å². The molecule has 1 rings (SSSR count). The Morgan fingerprint density at radius 2 is 2.17 bits per heavy atom. The van der Waals surface area contributed by atoms with E-state index >= 15 is 0 Å². The third-order valence-electron chi connectivity index (χ3n) is 1.22. The minimum atomic E-state index is -2.57. The van der Waals surface area contributed by atoms with Gasteiger partial charge in [0.05, 0.1) is 10.6 Å². The lowest BCUT2D eigenvalue weighted by Gasteiger charge is -2.04. The van der Waals surface area contributed by atoms with Gasteiger partial charge in [0.1, 0.15) is 9.52 Å². The molecule has 0 atom stereocenters. The van der Waals surface area contributed by atoms with Gasteiger partial charge < -0.3 is 5.73 Å². The number of anilines is 1. The molecular formula is C6H4ClF2IN2. The van der Waals surface area contributed by atoms with Crippen LogP contribution < -0.4 is 5.73 Å². The Bertz CT molecular complexity index is 306. The van der Waals surface area contributed by atoms with Crippen LogP contribution in [-0.2, 0) is 0 Å². The van der Waals surface area contributed by atoms with Crippen molar-refractivity contribution < 1.29 is 8.78 Å². The van der Waals surface area contributed by atoms with Gasteiger partial charge in [-0.25, -0.2) is 13.8 Å². The zero-order chi connectivity index (χ0) is 9.30. The van der Waals surface area contributed by atoms with Gasteiger partial charge >= 0.3 is 0 Å². The summed E-state index contributed by atoms with van der Waals surface area (Å²) in [5.74, 6) is 0.0745. The number of pyridine rings is 1. The average Bonchev–Trinajstić information content (AvgIpc) is 1.96. The summed E-state index contributed by atoms with van der Waals surface area (Å²) >= 11 is 7.19. The van der Waals surface area contributed by atoms with Crippen LogP contribution in [0.2, 0.25) is 5.02 Å². The molecule has 1 aromatic rings. The number of nitrogen functional groups attached to an aromatic ring is 1. The SMILES string of the molecule is Nc1nc(I)c(C(F)F)cc1Cl. The monoisotopic (exact) mass is 304 g/mol. The molecule has 66 valence electrons. The Morgan fingerprint density at radius 1 is 1.58 bits per heavy atom. The second-order valence-corrected chi connectivity index (χ2v) is 3.47. The fourth-order valence-electron chi connectivity index (χ4n) is 0.647. The van der Waals surface area contributed by atoms with Gasteiger partial charge in [0, 0.05) is 0 Å². The zero-order valence-electron chi connectivity index (χ0n) is 5.69. The van der Waals surface area contributed by atoms with Crippen LogP contribution in [0.3, 0.4) is 0 Å². The number of hydrogen-bond donors (Lipinski definition) is 1. The topological polar surface area (TPSA) is 38.9 Å². The van der Waals surface area contributed by atoms with Crippen LogP contribution in [0.5, 0.6) is 0 Å². The zero-order valence-corrected chi connectivity index (χ0v) is 8.60. The molecule has 1 heterocycles. The second-order valence-electron chi connectivity index (χ2n) is 2.04. The summed E-state index contributed by atoms with van der Waals surface area (Å²) in [4.78, 5) is 3.65. The highest BCUT2D eigenvalue weighted by molar-refractivity contribution is 14.1. The average molecular weight is 304 g/mol. The summed E-state index contributed by atoms with van der Waals surface area (Å²) in [6.07, 6.45) is -2.57. The maximum atomic E-state index is 12.2. The molecule has 0 saturated heterocycles. The van der Waals surface area contributed by atoms with Crippen molar-refractivity contribution in [2.24, 2.45) is 0 Å². The Balaban J connectivity index is 3.23. The largest absolute Gasteiger partial charge is 0.382 e. The number of halogens is 4. The van der Waals surface area contributed by atoms with Gasteiger partial charge in [-0.05, 0) is 28.7 Å². The van der Waals surface area contributed by atoms with Gasteiger partial charge in [-0.1, -0.05) is 11.6 Å². The number of alkyl halides is 2. The molecule has 0 aliphatic carbocycles. The van der Waals surface area contributed by atoms with Gasteiger partial charge in [-0.3, -0.25) is 0 Å². The molecule has 0 bridgehead atoms. The lowest BCUT2D eigenvalue weighted by molar-refractivity contribution is 0.150. The maximum Gasteiger partial charge on any atom is 0.266 e. The first-order valence-electron chi connectivity index (χ1n) is 2.92. The molecule has 0 aliphatic rings. The number of rotatable bonds is 1. The number of hydrogen-bond acceptors (Lipinski definition) is 2. The predicted molar refractivity (Wildman–Crippen MR) is 51.3 cm³/mol. The third kappa shape index (κ3) is 1.95. The molecule has 0 amide bonds. The molecular weight excluding hydrogens is 300 g/mol. The van der Waals surface area contributed by atoms with Crippen molar-refractivity contribution in [3.05, 3.63) is 20.4 Å². The van der Waals surface area contributed by atoms with E-state index in [9.17, 15) is 8.78 Å². The van der Waals surface area contributed by atoms with Gasteiger partial charge in [-0.2, -0.15) is 0 Å². The smallest absolute Gasteiger partial charge is 0.266 e. The van der Waals surface area contributed by atoms with Crippen LogP contribution in [0.4, 0.5) is 14.6 Å². The van der Waals surface area contributed by atoms with Crippen LogP contribution in [-0.4, -0.2) is 4.98 Å². The van der Waals surface area contributed by atoms with Gasteiger partial charge in [0.2, 0.25) is 0 Å². The number of nitrogens with zero attached hydrogens (tertiary/aromatic N) is 1. The van der Waals surface area contributed by atoms with E-state index in [0.29, 0.717) is 0 Å². The van der Waals surface area contributed by atoms with Gasteiger partial charge in [0.15, 0.2) is 0 Å². The number of nitrogens with two attached hydrogens (primary N) is 1. The van der Waals surface area contributed by atoms with E-state index in [0.717, 1.165) is 6.07 Å². The quantitative estimate of drug-likeness (QED) is 0.640. The first kappa shape index (κ1) is 9.91. The van der Waals surface area contributed by atoms with E-state index in [4.69, 9.17) is 17.3 Å². The lowest BCUT2D eigenvalue weighted by atomic mass is 10.3. The van der Waals surface area contributed by atoms with Crippen molar-refractivity contribution in [3.63, 3.8) is 0 Å². The summed E-state index contributed by atoms with van der Waals surface area (Å²) in [6, 6.07) is 1.14. The lowest BCUT2D eigenvalue weighted by Crippen LogP contribution is -1.98. The van der Waals surface area contributed by atoms with E-state index in [2.05, 4.69) is 4.98 Å². The van der Waals surface area contributed by atoms with Crippen molar-refractivity contribution in [2.75, 3.05) is 5.73 Å². The third-order valence-corrected chi connectivity index (χ3v) is 2.39. The van der Waals surface area contributed by atoms with Crippen molar-refractivity contribution >= 4 is 40.0 Å². The molecule has 2 N–H and O–H groups in total. The first-order chi connectivity index (χ1) is 5.52. The fraction of sp³-hybridized carbons (Fsp3) is 0.167. The Kier molecular flexibility index (Phi) is 3.05. The molecule has 0 saturated carbocycles. The molecule has 2 nitrogen and oxygen atoms in total. The summed E-state index contributed by atoms with van der Waals surface area (Å²) in [5, 5.41) is 0.0608. The normalized spacial score (nSPS) is 10.8. The summed E-state index contributed by atoms with van der Waals surface area (Å²) < 4.78 is 24.6. The van der Waals surface area contributed by atoms with Gasteiger partial charge in [0.25, 0.3) is 6.43 Å². The molecule has 0 fully saturated rings. The van der Waals surface area contributed by atoms with Crippen molar-refractivity contribution in [2.45, 2.75) is 6.43 Å². The molecule has 0 aromatic carbocycles. The molecule has 12 heavy (non-hydrogen) atoms. The van der Waals surface area contributed by atoms with Crippen LogP contribution in [0.25, 0.3) is 0 Å². The Labute approximate surface area is 86.3 Å². The highest BCUT2D eigenvalue weighted by Crippen LogP contribution is 2.28. The minimum Gasteiger partial charge on any atom is -0.382 e. The summed E-state index contributed by atoms with van der Waals surface area (Å²) in [5.41, 5.74) is 5.11. The van der Waals surface area contributed by atoms with E-state index in [1.54, 1.807) is 22.6 Å².